The summed E-state index contributed by atoms with van der Waals surface area (Å²) in [5, 5.41) is 0. The molecule has 1 saturated heterocycles. The van der Waals surface area contributed by atoms with E-state index in [-0.39, 0.29) is 24.8 Å². The number of imide groups is 1. The van der Waals surface area contributed by atoms with Crippen molar-refractivity contribution in [2.75, 3.05) is 13.2 Å². The van der Waals surface area contributed by atoms with Gasteiger partial charge in [0.15, 0.2) is 0 Å². The number of amides is 2. The van der Waals surface area contributed by atoms with Gasteiger partial charge in [-0.25, -0.2) is 4.79 Å². The van der Waals surface area contributed by atoms with Crippen LogP contribution in [0.15, 0.2) is 72.8 Å². The van der Waals surface area contributed by atoms with Crippen molar-refractivity contribution in [1.82, 2.24) is 9.80 Å². The molecule has 0 unspecified atom stereocenters. The number of nitrogens with zero attached hydrogens (tertiary/aromatic N) is 2. The number of ether oxygens (including phenoxy) is 1. The zero-order chi connectivity index (χ0) is 22.1. The topological polar surface area (TPSA) is 66.9 Å². The highest BCUT2D eigenvalue weighted by molar-refractivity contribution is 6.05. The highest BCUT2D eigenvalue weighted by Gasteiger charge is 2.41. The molecule has 0 aromatic heterocycles. The molecule has 31 heavy (non-hydrogen) atoms. The van der Waals surface area contributed by atoms with Crippen molar-refractivity contribution in [1.29, 1.82) is 0 Å². The largest absolute Gasteiger partial charge is 0.463 e. The number of hydrogen-bond donors (Lipinski definition) is 0. The average Bonchev–Trinajstić information content (AvgIpc) is 3.06. The van der Waals surface area contributed by atoms with Gasteiger partial charge in [-0.1, -0.05) is 66.7 Å². The smallest absolute Gasteiger partial charge is 0.330 e. The number of carbonyl (C=O) groups excluding carboxylic acids is 3. The van der Waals surface area contributed by atoms with E-state index < -0.39 is 12.0 Å². The number of likely N-dealkylation sites (tertiary alicyclic amines) is 1. The van der Waals surface area contributed by atoms with Gasteiger partial charge in [0.1, 0.15) is 0 Å². The molecule has 1 fully saturated rings. The van der Waals surface area contributed by atoms with Crippen molar-refractivity contribution in [2.45, 2.75) is 38.9 Å². The fourth-order valence-corrected chi connectivity index (χ4v) is 3.67. The minimum Gasteiger partial charge on any atom is -0.463 e. The van der Waals surface area contributed by atoms with Gasteiger partial charge in [0.2, 0.25) is 11.8 Å². The molecule has 0 N–H and O–H groups in total. The fraction of sp³-hybridized carbons (Fsp3) is 0.320. The molecule has 1 heterocycles. The number of hydrogen-bond acceptors (Lipinski definition) is 5. The van der Waals surface area contributed by atoms with Gasteiger partial charge in [-0.3, -0.25) is 19.4 Å². The van der Waals surface area contributed by atoms with Crippen molar-refractivity contribution in [3.05, 3.63) is 83.9 Å². The Morgan fingerprint density at radius 2 is 1.61 bits per heavy atom. The monoisotopic (exact) mass is 420 g/mol. The minimum atomic E-state index is -0.498. The lowest BCUT2D eigenvalue weighted by Crippen LogP contribution is -2.41. The molecule has 6 heteroatoms. The van der Waals surface area contributed by atoms with Crippen LogP contribution in [0.5, 0.6) is 0 Å². The summed E-state index contributed by atoms with van der Waals surface area (Å²) >= 11 is 0. The molecule has 1 atom stereocenters. The van der Waals surface area contributed by atoms with Gasteiger partial charge in [0.25, 0.3) is 0 Å². The van der Waals surface area contributed by atoms with E-state index in [1.54, 1.807) is 13.0 Å². The van der Waals surface area contributed by atoms with E-state index in [0.717, 1.165) is 11.1 Å². The second kappa shape index (κ2) is 11.2. The summed E-state index contributed by atoms with van der Waals surface area (Å²) in [6.07, 6.45) is 3.56. The molecular formula is C25H28N2O4. The Balaban J connectivity index is 1.69. The average molecular weight is 421 g/mol. The number of carbonyl (C=O) groups is 3. The van der Waals surface area contributed by atoms with Crippen molar-refractivity contribution in [2.24, 2.45) is 0 Å². The van der Waals surface area contributed by atoms with Gasteiger partial charge in [-0.2, -0.15) is 0 Å². The normalized spacial score (nSPS) is 16.5. The van der Waals surface area contributed by atoms with Crippen LogP contribution in [0.1, 0.15) is 30.9 Å². The number of benzene rings is 2. The first-order valence-corrected chi connectivity index (χ1v) is 10.6. The van der Waals surface area contributed by atoms with Crippen LogP contribution in [0.4, 0.5) is 0 Å². The van der Waals surface area contributed by atoms with Crippen molar-refractivity contribution in [3.63, 3.8) is 0 Å². The van der Waals surface area contributed by atoms with Crippen LogP contribution >= 0.6 is 0 Å². The van der Waals surface area contributed by atoms with Gasteiger partial charge >= 0.3 is 5.97 Å². The lowest BCUT2D eigenvalue weighted by Gasteiger charge is -2.27. The molecule has 0 saturated carbocycles. The summed E-state index contributed by atoms with van der Waals surface area (Å²) in [6.45, 7) is 3.47. The zero-order valence-electron chi connectivity index (χ0n) is 17.8. The standard InChI is InChI=1S/C25H28N2O4/c1-2-31-24(29)15-9-10-16-27-23(28)17-22(25(27)30)26(18-20-11-5-3-6-12-20)19-21-13-7-4-8-14-21/h3-9,11-15,22H,2,10,16-19H2,1H3/b15-9+/t22-/m0/s1. The first kappa shape index (κ1) is 22.4. The minimum absolute atomic E-state index is 0.167. The Morgan fingerprint density at radius 1 is 1.03 bits per heavy atom. The van der Waals surface area contributed by atoms with E-state index in [1.165, 1.54) is 11.0 Å². The van der Waals surface area contributed by atoms with Gasteiger partial charge < -0.3 is 4.74 Å². The summed E-state index contributed by atoms with van der Waals surface area (Å²) in [6, 6.07) is 19.4. The Morgan fingerprint density at radius 3 is 2.16 bits per heavy atom. The molecule has 0 aliphatic carbocycles. The molecular weight excluding hydrogens is 392 g/mol. The molecule has 0 radical (unpaired) electrons. The van der Waals surface area contributed by atoms with Crippen LogP contribution in [-0.4, -0.2) is 46.8 Å². The van der Waals surface area contributed by atoms with Gasteiger partial charge in [-0.05, 0) is 24.5 Å². The fourth-order valence-electron chi connectivity index (χ4n) is 3.67. The van der Waals surface area contributed by atoms with Crippen LogP contribution < -0.4 is 0 Å². The summed E-state index contributed by atoms with van der Waals surface area (Å²) in [4.78, 5) is 40.5. The van der Waals surface area contributed by atoms with Crippen LogP contribution in [-0.2, 0) is 32.2 Å². The van der Waals surface area contributed by atoms with Gasteiger partial charge in [0.05, 0.1) is 19.1 Å². The summed E-state index contributed by atoms with van der Waals surface area (Å²) in [5.74, 6) is -0.775. The molecule has 162 valence electrons. The predicted octanol–water partition coefficient (Wildman–Crippen LogP) is 3.33. The maximum atomic E-state index is 13.1. The predicted molar refractivity (Wildman–Crippen MR) is 118 cm³/mol. The molecule has 2 amide bonds. The molecule has 0 bridgehead atoms. The van der Waals surface area contributed by atoms with Crippen LogP contribution in [0.2, 0.25) is 0 Å². The lowest BCUT2D eigenvalue weighted by molar-refractivity contribution is -0.140. The SMILES string of the molecule is CCOC(=O)/C=C/CCN1C(=O)C[C@H](N(Cc2ccccc2)Cc2ccccc2)C1=O. The van der Waals surface area contributed by atoms with E-state index in [9.17, 15) is 14.4 Å². The second-order valence-corrected chi connectivity index (χ2v) is 7.42. The van der Waals surface area contributed by atoms with E-state index in [2.05, 4.69) is 4.90 Å². The second-order valence-electron chi connectivity index (χ2n) is 7.42. The van der Waals surface area contributed by atoms with E-state index in [1.807, 2.05) is 60.7 Å². The van der Waals surface area contributed by atoms with Gasteiger partial charge in [0, 0.05) is 25.7 Å². The first-order chi connectivity index (χ1) is 15.1. The highest BCUT2D eigenvalue weighted by atomic mass is 16.5. The molecule has 6 nitrogen and oxygen atoms in total. The van der Waals surface area contributed by atoms with Gasteiger partial charge in [-0.15, -0.1) is 0 Å². The molecule has 2 aromatic rings. The van der Waals surface area contributed by atoms with Crippen LogP contribution in [0.3, 0.4) is 0 Å². The Labute approximate surface area is 183 Å². The number of rotatable bonds is 10. The van der Waals surface area contributed by atoms with Crippen LogP contribution in [0.25, 0.3) is 0 Å². The molecule has 2 aromatic carbocycles. The van der Waals surface area contributed by atoms with E-state index >= 15 is 0 Å². The Kier molecular flexibility index (Phi) is 8.12. The van der Waals surface area contributed by atoms with Crippen LogP contribution in [0, 0.1) is 0 Å². The Bertz CT molecular complexity index is 870. The maximum absolute atomic E-state index is 13.1. The third kappa shape index (κ3) is 6.36. The third-order valence-electron chi connectivity index (χ3n) is 5.18. The molecule has 1 aliphatic heterocycles. The zero-order valence-corrected chi connectivity index (χ0v) is 17.8. The maximum Gasteiger partial charge on any atom is 0.330 e. The molecule has 3 rings (SSSR count). The molecule has 0 spiro atoms. The molecule has 1 aliphatic rings. The number of esters is 1. The third-order valence-corrected chi connectivity index (χ3v) is 5.18. The summed E-state index contributed by atoms with van der Waals surface area (Å²) < 4.78 is 4.84. The highest BCUT2D eigenvalue weighted by Crippen LogP contribution is 2.23. The van der Waals surface area contributed by atoms with Crippen molar-refractivity contribution >= 4 is 17.8 Å². The lowest BCUT2D eigenvalue weighted by atomic mass is 10.1. The van der Waals surface area contributed by atoms with Crippen molar-refractivity contribution in [3.8, 4) is 0 Å². The first-order valence-electron chi connectivity index (χ1n) is 10.6. The summed E-state index contributed by atoms with van der Waals surface area (Å²) in [7, 11) is 0. The van der Waals surface area contributed by atoms with E-state index in [4.69, 9.17) is 4.74 Å². The summed E-state index contributed by atoms with van der Waals surface area (Å²) in [5.41, 5.74) is 2.18. The quantitative estimate of drug-likeness (QED) is 0.335. The van der Waals surface area contributed by atoms with Crippen molar-refractivity contribution < 1.29 is 19.1 Å². The Hall–Kier alpha value is -3.25. The van der Waals surface area contributed by atoms with E-state index in [0.29, 0.717) is 26.1 Å².